The highest BCUT2D eigenvalue weighted by atomic mass is 32.1. The van der Waals surface area contributed by atoms with Crippen molar-refractivity contribution in [3.8, 4) is 0 Å². The Morgan fingerprint density at radius 3 is 1.97 bits per heavy atom. The maximum atomic E-state index is 14.5. The number of rotatable bonds is 6. The Morgan fingerprint density at radius 2 is 1.39 bits per heavy atom. The van der Waals surface area contributed by atoms with E-state index in [4.69, 9.17) is 5.73 Å². The second-order valence-electron chi connectivity index (χ2n) is 9.66. The van der Waals surface area contributed by atoms with E-state index in [-0.39, 0.29) is 5.78 Å². The van der Waals surface area contributed by atoms with Crippen molar-refractivity contribution in [1.82, 2.24) is 4.90 Å². The molecule has 1 aliphatic heterocycles. The highest BCUT2D eigenvalue weighted by Crippen LogP contribution is 2.54. The molecule has 0 bridgehead atoms. The Labute approximate surface area is 230 Å². The van der Waals surface area contributed by atoms with Crippen molar-refractivity contribution in [2.75, 3.05) is 5.32 Å². The smallest absolute Gasteiger partial charge is 0.323 e. The minimum Gasteiger partial charge on any atom is -0.368 e. The van der Waals surface area contributed by atoms with Crippen LogP contribution in [0.2, 0.25) is 0 Å². The van der Waals surface area contributed by atoms with E-state index >= 15 is 0 Å². The van der Waals surface area contributed by atoms with E-state index < -0.39 is 35.9 Å². The van der Waals surface area contributed by atoms with E-state index in [1.54, 1.807) is 12.1 Å². The van der Waals surface area contributed by atoms with Gasteiger partial charge in [0, 0.05) is 26.9 Å². The van der Waals surface area contributed by atoms with Crippen LogP contribution in [0.3, 0.4) is 0 Å². The van der Waals surface area contributed by atoms with Gasteiger partial charge in [-0.2, -0.15) is 0 Å². The number of amides is 3. The summed E-state index contributed by atoms with van der Waals surface area (Å²) in [6.45, 7) is 5.85. The monoisotopic (exact) mass is 543 g/mol. The van der Waals surface area contributed by atoms with E-state index in [1.807, 2.05) is 86.1 Å². The molecule has 3 heterocycles. The van der Waals surface area contributed by atoms with Gasteiger partial charge in [0.2, 0.25) is 5.91 Å². The average molecular weight is 544 g/mol. The van der Waals surface area contributed by atoms with Crippen LogP contribution in [-0.2, 0) is 4.79 Å². The molecular weight excluding hydrogens is 514 g/mol. The average Bonchev–Trinajstić information content (AvgIpc) is 3.60. The molecule has 4 unspecified atom stereocenters. The van der Waals surface area contributed by atoms with Crippen molar-refractivity contribution in [2.24, 2.45) is 11.7 Å². The number of ketones is 1. The number of anilines is 1. The Kier molecular flexibility index (Phi) is 7.19. The standard InChI is InChI=1S/C30H29N3O3S2/c1-17-9-7-8-12-21(17)26(34)22-23(27-18(2)13-15-37-27)25(29(31)35)33(24(22)28-19(3)14-16-38-28)30(36)32-20-10-5-4-6-11-20/h4-16,22-25H,1-3H3,(H2,31,35)(H,32,36). The number of aryl methyl sites for hydroxylation is 3. The van der Waals surface area contributed by atoms with Gasteiger partial charge in [-0.3, -0.25) is 9.59 Å². The molecule has 1 fully saturated rings. The minimum absolute atomic E-state index is 0.0973. The number of nitrogens with one attached hydrogen (secondary N) is 1. The van der Waals surface area contributed by atoms with Gasteiger partial charge in [0.15, 0.2) is 5.78 Å². The van der Waals surface area contributed by atoms with Gasteiger partial charge in [-0.1, -0.05) is 42.5 Å². The summed E-state index contributed by atoms with van der Waals surface area (Å²) in [6, 6.07) is 18.4. The fourth-order valence-electron chi connectivity index (χ4n) is 5.53. The normalized spacial score (nSPS) is 20.9. The number of Topliss-reactive ketones (excluding diaryl/α,β-unsaturated/α-hetero) is 1. The highest BCUT2D eigenvalue weighted by molar-refractivity contribution is 7.10. The summed E-state index contributed by atoms with van der Waals surface area (Å²) in [6.07, 6.45) is 0. The number of nitrogens with zero attached hydrogens (tertiary/aromatic N) is 1. The first-order valence-corrected chi connectivity index (χ1v) is 14.2. The molecule has 1 saturated heterocycles. The number of likely N-dealkylation sites (tertiary alicyclic amines) is 1. The number of carbonyl (C=O) groups is 3. The first-order valence-electron chi connectivity index (χ1n) is 12.4. The Bertz CT molecular complexity index is 1490. The lowest BCUT2D eigenvalue weighted by Crippen LogP contribution is -2.48. The molecule has 3 amide bonds. The quantitative estimate of drug-likeness (QED) is 0.273. The lowest BCUT2D eigenvalue weighted by atomic mass is 9.78. The van der Waals surface area contributed by atoms with Gasteiger partial charge in [0.05, 0.1) is 12.0 Å². The molecule has 6 nitrogen and oxygen atoms in total. The van der Waals surface area contributed by atoms with E-state index in [1.165, 1.54) is 27.6 Å². The van der Waals surface area contributed by atoms with Crippen LogP contribution >= 0.6 is 22.7 Å². The first kappa shape index (κ1) is 25.9. The maximum absolute atomic E-state index is 14.5. The van der Waals surface area contributed by atoms with E-state index in [2.05, 4.69) is 5.32 Å². The molecule has 3 N–H and O–H groups in total. The summed E-state index contributed by atoms with van der Waals surface area (Å²) in [5.41, 5.74) is 10.1. The van der Waals surface area contributed by atoms with Gasteiger partial charge in [-0.05, 0) is 72.5 Å². The van der Waals surface area contributed by atoms with Crippen LogP contribution in [-0.4, -0.2) is 28.7 Å². The van der Waals surface area contributed by atoms with Crippen molar-refractivity contribution in [2.45, 2.75) is 38.8 Å². The molecule has 194 valence electrons. The van der Waals surface area contributed by atoms with Gasteiger partial charge in [0.1, 0.15) is 6.04 Å². The molecule has 38 heavy (non-hydrogen) atoms. The van der Waals surface area contributed by atoms with Crippen LogP contribution in [0.1, 0.15) is 48.8 Å². The van der Waals surface area contributed by atoms with E-state index in [0.29, 0.717) is 11.3 Å². The zero-order valence-electron chi connectivity index (χ0n) is 21.4. The summed E-state index contributed by atoms with van der Waals surface area (Å²) in [5, 5.41) is 6.86. The van der Waals surface area contributed by atoms with Crippen molar-refractivity contribution >= 4 is 46.1 Å². The van der Waals surface area contributed by atoms with Crippen molar-refractivity contribution in [3.63, 3.8) is 0 Å². The zero-order chi connectivity index (χ0) is 27.0. The number of hydrogen-bond donors (Lipinski definition) is 2. The molecule has 4 aromatic rings. The second-order valence-corrected chi connectivity index (χ2v) is 11.6. The molecule has 0 radical (unpaired) electrons. The molecular formula is C30H29N3O3S2. The van der Waals surface area contributed by atoms with Crippen LogP contribution in [0.4, 0.5) is 10.5 Å². The zero-order valence-corrected chi connectivity index (χ0v) is 23.0. The van der Waals surface area contributed by atoms with Gasteiger partial charge >= 0.3 is 6.03 Å². The van der Waals surface area contributed by atoms with Gasteiger partial charge in [-0.25, -0.2) is 4.79 Å². The van der Waals surface area contributed by atoms with Gasteiger partial charge in [-0.15, -0.1) is 22.7 Å². The van der Waals surface area contributed by atoms with E-state index in [0.717, 1.165) is 26.4 Å². The number of carbonyl (C=O) groups excluding carboxylic acids is 3. The summed E-state index contributed by atoms with van der Waals surface area (Å²) >= 11 is 2.98. The maximum Gasteiger partial charge on any atom is 0.323 e. The summed E-state index contributed by atoms with van der Waals surface area (Å²) in [4.78, 5) is 45.1. The summed E-state index contributed by atoms with van der Waals surface area (Å²) < 4.78 is 0. The molecule has 1 aliphatic rings. The molecule has 2 aromatic carbocycles. The van der Waals surface area contributed by atoms with Crippen molar-refractivity contribution < 1.29 is 14.4 Å². The van der Waals surface area contributed by atoms with Crippen LogP contribution < -0.4 is 11.1 Å². The first-order chi connectivity index (χ1) is 18.3. The number of para-hydroxylation sites is 1. The van der Waals surface area contributed by atoms with Gasteiger partial charge in [0.25, 0.3) is 0 Å². The number of thiophene rings is 2. The lowest BCUT2D eigenvalue weighted by molar-refractivity contribution is -0.122. The Hall–Kier alpha value is -3.75. The third kappa shape index (κ3) is 4.54. The molecule has 2 aromatic heterocycles. The van der Waals surface area contributed by atoms with Crippen LogP contribution in [0, 0.1) is 26.7 Å². The summed E-state index contributed by atoms with van der Waals surface area (Å²) in [7, 11) is 0. The Morgan fingerprint density at radius 1 is 0.789 bits per heavy atom. The van der Waals surface area contributed by atoms with Crippen LogP contribution in [0.25, 0.3) is 0 Å². The van der Waals surface area contributed by atoms with E-state index in [9.17, 15) is 14.4 Å². The largest absolute Gasteiger partial charge is 0.368 e. The molecule has 4 atom stereocenters. The molecule has 0 saturated carbocycles. The molecule has 0 aliphatic carbocycles. The topological polar surface area (TPSA) is 92.5 Å². The summed E-state index contributed by atoms with van der Waals surface area (Å²) in [5.74, 6) is -2.03. The number of hydrogen-bond acceptors (Lipinski definition) is 5. The Balaban J connectivity index is 1.74. The number of primary amides is 1. The van der Waals surface area contributed by atoms with Crippen LogP contribution in [0.5, 0.6) is 0 Å². The lowest BCUT2D eigenvalue weighted by Gasteiger charge is -2.30. The fraction of sp³-hybridized carbons (Fsp3) is 0.233. The number of nitrogens with two attached hydrogens (primary N) is 1. The third-order valence-electron chi connectivity index (χ3n) is 7.31. The van der Waals surface area contributed by atoms with Crippen molar-refractivity contribution in [3.05, 3.63) is 109 Å². The SMILES string of the molecule is Cc1ccccc1C(=O)C1C(c2sccc2C)C(C(N)=O)N(C(=O)Nc2ccccc2)C1c1sccc1C. The highest BCUT2D eigenvalue weighted by Gasteiger charge is 2.58. The number of urea groups is 1. The fourth-order valence-corrected chi connectivity index (χ4v) is 7.71. The second kappa shape index (κ2) is 10.6. The van der Waals surface area contributed by atoms with Gasteiger partial charge < -0.3 is 16.0 Å². The predicted molar refractivity (Wildman–Crippen MR) is 153 cm³/mol. The van der Waals surface area contributed by atoms with Crippen molar-refractivity contribution in [1.29, 1.82) is 0 Å². The van der Waals surface area contributed by atoms with Crippen LogP contribution in [0.15, 0.2) is 77.5 Å². The predicted octanol–water partition coefficient (Wildman–Crippen LogP) is 6.46. The number of benzene rings is 2. The third-order valence-corrected chi connectivity index (χ3v) is 9.52. The molecule has 8 heteroatoms. The minimum atomic E-state index is -1.01. The molecule has 5 rings (SSSR count). The molecule has 0 spiro atoms.